The molecule has 0 aromatic heterocycles. The Morgan fingerprint density at radius 3 is 2.82 bits per heavy atom. The second-order valence-electron chi connectivity index (χ2n) is 4.85. The normalized spacial score (nSPS) is 18.4. The molecule has 0 aliphatic carbocycles. The minimum Gasteiger partial charge on any atom is -0.486 e. The van der Waals surface area contributed by atoms with Gasteiger partial charge in [-0.25, -0.2) is 0 Å². The molecule has 0 amide bonds. The second-order valence-corrected chi connectivity index (χ2v) is 5.70. The molecule has 4 nitrogen and oxygen atoms in total. The topological polar surface area (TPSA) is 72.6 Å². The fourth-order valence-corrected chi connectivity index (χ4v) is 2.61. The van der Waals surface area contributed by atoms with Gasteiger partial charge in [0.15, 0.2) is 0 Å². The van der Waals surface area contributed by atoms with Crippen molar-refractivity contribution in [1.82, 2.24) is 0 Å². The number of hydrogen-bond acceptors (Lipinski definition) is 3. The maximum atomic E-state index is 10.9. The summed E-state index contributed by atoms with van der Waals surface area (Å²) < 4.78 is 6.54. The van der Waals surface area contributed by atoms with E-state index < -0.39 is 12.0 Å². The molecule has 92 valence electrons. The predicted molar refractivity (Wildman–Crippen MR) is 67.1 cm³/mol. The molecule has 1 heterocycles. The highest BCUT2D eigenvalue weighted by atomic mass is 79.9. The first-order valence-corrected chi connectivity index (χ1v) is 6.09. The van der Waals surface area contributed by atoms with Gasteiger partial charge in [0.2, 0.25) is 0 Å². The molecule has 0 spiro atoms. The number of carboxylic acids is 1. The first-order chi connectivity index (χ1) is 7.80. The molecule has 1 unspecified atom stereocenters. The quantitative estimate of drug-likeness (QED) is 0.878. The monoisotopic (exact) mass is 299 g/mol. The van der Waals surface area contributed by atoms with Crippen LogP contribution < -0.4 is 10.5 Å². The number of hydrogen-bond donors (Lipinski definition) is 2. The van der Waals surface area contributed by atoms with Crippen LogP contribution in [0.4, 0.5) is 0 Å². The van der Waals surface area contributed by atoms with Gasteiger partial charge in [-0.05, 0) is 53.0 Å². The Balaban J connectivity index is 2.44. The van der Waals surface area contributed by atoms with Crippen LogP contribution in [0.3, 0.4) is 0 Å². The van der Waals surface area contributed by atoms with Gasteiger partial charge in [-0.3, -0.25) is 4.79 Å². The lowest BCUT2D eigenvalue weighted by molar-refractivity contribution is -0.138. The van der Waals surface area contributed by atoms with Gasteiger partial charge in [0.1, 0.15) is 17.4 Å². The predicted octanol–water partition coefficient (Wildman–Crippen LogP) is 2.25. The van der Waals surface area contributed by atoms with E-state index in [-0.39, 0.29) is 5.60 Å². The third-order valence-electron chi connectivity index (χ3n) is 2.76. The molecule has 3 N–H and O–H groups in total. The van der Waals surface area contributed by atoms with Crippen molar-refractivity contribution < 1.29 is 14.6 Å². The minimum absolute atomic E-state index is 0.253. The summed E-state index contributed by atoms with van der Waals surface area (Å²) in [6.07, 6.45) is 0.751. The molecular weight excluding hydrogens is 286 g/mol. The summed E-state index contributed by atoms with van der Waals surface area (Å²) in [6.45, 7) is 3.99. The van der Waals surface area contributed by atoms with Gasteiger partial charge in [-0.15, -0.1) is 0 Å². The van der Waals surface area contributed by atoms with Gasteiger partial charge in [0.25, 0.3) is 0 Å². The van der Waals surface area contributed by atoms with Crippen LogP contribution in [-0.4, -0.2) is 16.7 Å². The fourth-order valence-electron chi connectivity index (χ4n) is 2.01. The molecule has 0 saturated carbocycles. The summed E-state index contributed by atoms with van der Waals surface area (Å²) in [5.74, 6) is -0.244. The average molecular weight is 300 g/mol. The van der Waals surface area contributed by atoms with E-state index in [1.54, 1.807) is 6.07 Å². The maximum absolute atomic E-state index is 10.9. The van der Waals surface area contributed by atoms with Crippen molar-refractivity contribution in [3.63, 3.8) is 0 Å². The lowest BCUT2D eigenvalue weighted by Crippen LogP contribution is -2.24. The van der Waals surface area contributed by atoms with Crippen molar-refractivity contribution in [3.8, 4) is 5.75 Å². The summed E-state index contributed by atoms with van der Waals surface area (Å²) in [6, 6.07) is 2.52. The number of nitrogens with two attached hydrogens (primary N) is 1. The van der Waals surface area contributed by atoms with Crippen molar-refractivity contribution in [2.45, 2.75) is 31.9 Å². The Hall–Kier alpha value is -1.07. The number of rotatable bonds is 2. The van der Waals surface area contributed by atoms with E-state index in [1.165, 1.54) is 0 Å². The van der Waals surface area contributed by atoms with Crippen LogP contribution >= 0.6 is 15.9 Å². The van der Waals surface area contributed by atoms with Gasteiger partial charge in [0, 0.05) is 6.42 Å². The molecule has 0 fully saturated rings. The molecule has 0 bridgehead atoms. The molecule has 1 aromatic carbocycles. The maximum Gasteiger partial charge on any atom is 0.325 e. The molecule has 1 aromatic rings. The highest BCUT2D eigenvalue weighted by Crippen LogP contribution is 2.41. The third-order valence-corrected chi connectivity index (χ3v) is 3.35. The average Bonchev–Trinajstić information content (AvgIpc) is 2.51. The molecule has 17 heavy (non-hydrogen) atoms. The van der Waals surface area contributed by atoms with Crippen LogP contribution in [0.25, 0.3) is 0 Å². The molecule has 0 saturated heterocycles. The number of aliphatic carboxylic acids is 1. The first kappa shape index (κ1) is 12.4. The Kier molecular flexibility index (Phi) is 2.91. The van der Waals surface area contributed by atoms with E-state index in [0.717, 1.165) is 22.2 Å². The van der Waals surface area contributed by atoms with Crippen LogP contribution in [0.15, 0.2) is 16.6 Å². The van der Waals surface area contributed by atoms with Crippen molar-refractivity contribution >= 4 is 21.9 Å². The Morgan fingerprint density at radius 1 is 1.59 bits per heavy atom. The van der Waals surface area contributed by atoms with E-state index in [9.17, 15) is 4.79 Å². The summed E-state index contributed by atoms with van der Waals surface area (Å²) in [5, 5.41) is 8.91. The minimum atomic E-state index is -1.03. The third kappa shape index (κ3) is 2.30. The van der Waals surface area contributed by atoms with Crippen molar-refractivity contribution in [2.24, 2.45) is 5.73 Å². The zero-order valence-corrected chi connectivity index (χ0v) is 11.2. The highest BCUT2D eigenvalue weighted by molar-refractivity contribution is 9.10. The second kappa shape index (κ2) is 3.99. The Bertz CT molecular complexity index is 485. The molecule has 2 rings (SSSR count). The van der Waals surface area contributed by atoms with Crippen molar-refractivity contribution in [2.75, 3.05) is 0 Å². The SMILES string of the molecule is CC1(C)Cc2cc(C(N)C(=O)O)cc(Br)c2O1. The smallest absolute Gasteiger partial charge is 0.325 e. The number of halogens is 1. The van der Waals surface area contributed by atoms with E-state index in [2.05, 4.69) is 15.9 Å². The highest BCUT2D eigenvalue weighted by Gasteiger charge is 2.32. The largest absolute Gasteiger partial charge is 0.486 e. The van der Waals surface area contributed by atoms with Gasteiger partial charge in [-0.1, -0.05) is 0 Å². The van der Waals surface area contributed by atoms with Gasteiger partial charge >= 0.3 is 5.97 Å². The zero-order valence-electron chi connectivity index (χ0n) is 9.66. The van der Waals surface area contributed by atoms with Crippen LogP contribution in [0.5, 0.6) is 5.75 Å². The zero-order chi connectivity index (χ0) is 12.8. The number of carboxylic acid groups (broad SMARTS) is 1. The van der Waals surface area contributed by atoms with Crippen molar-refractivity contribution in [3.05, 3.63) is 27.7 Å². The summed E-state index contributed by atoms with van der Waals surface area (Å²) >= 11 is 3.39. The number of benzene rings is 1. The van der Waals surface area contributed by atoms with E-state index >= 15 is 0 Å². The lowest BCUT2D eigenvalue weighted by Gasteiger charge is -2.17. The molecule has 1 atom stereocenters. The van der Waals surface area contributed by atoms with Gasteiger partial charge in [0.05, 0.1) is 4.47 Å². The molecule has 0 radical (unpaired) electrons. The van der Waals surface area contributed by atoms with Gasteiger partial charge in [-0.2, -0.15) is 0 Å². The molecule has 1 aliphatic rings. The van der Waals surface area contributed by atoms with Crippen LogP contribution in [-0.2, 0) is 11.2 Å². The number of fused-ring (bicyclic) bond motifs is 1. The summed E-state index contributed by atoms with van der Waals surface area (Å²) in [4.78, 5) is 10.9. The fraction of sp³-hybridized carbons (Fsp3) is 0.417. The summed E-state index contributed by atoms with van der Waals surface area (Å²) in [5.41, 5.74) is 6.94. The first-order valence-electron chi connectivity index (χ1n) is 5.30. The van der Waals surface area contributed by atoms with E-state index in [1.807, 2.05) is 19.9 Å². The van der Waals surface area contributed by atoms with E-state index in [4.69, 9.17) is 15.6 Å². The number of ether oxygens (including phenoxy) is 1. The Labute approximate surface area is 108 Å². The van der Waals surface area contributed by atoms with Crippen LogP contribution in [0.2, 0.25) is 0 Å². The van der Waals surface area contributed by atoms with Crippen LogP contribution in [0, 0.1) is 0 Å². The Morgan fingerprint density at radius 2 is 2.24 bits per heavy atom. The molecule has 1 aliphatic heterocycles. The van der Waals surface area contributed by atoms with Gasteiger partial charge < -0.3 is 15.6 Å². The standard InChI is InChI=1S/C12H14BrNO3/c1-12(2)5-7-3-6(9(14)11(15)16)4-8(13)10(7)17-12/h3-4,9H,5,14H2,1-2H3,(H,15,16). The van der Waals surface area contributed by atoms with E-state index in [0.29, 0.717) is 5.56 Å². The lowest BCUT2D eigenvalue weighted by atomic mass is 9.98. The summed E-state index contributed by atoms with van der Waals surface area (Å²) in [7, 11) is 0. The molecular formula is C12H14BrNO3. The van der Waals surface area contributed by atoms with Crippen LogP contribution in [0.1, 0.15) is 31.0 Å². The number of carbonyl (C=O) groups is 1. The van der Waals surface area contributed by atoms with Crippen molar-refractivity contribution in [1.29, 1.82) is 0 Å². The molecule has 5 heteroatoms.